The molecule has 0 aliphatic rings. The van der Waals surface area contributed by atoms with Gasteiger partial charge in [-0.25, -0.2) is 0 Å². The molecule has 8 heavy (non-hydrogen) atoms. The minimum Gasteiger partial charge on any atom is -0.312 e. The summed E-state index contributed by atoms with van der Waals surface area (Å²) in [6, 6.07) is 0. The molecule has 0 aromatic rings. The van der Waals surface area contributed by atoms with Crippen molar-refractivity contribution in [2.45, 2.75) is 6.92 Å². The Kier molecular flexibility index (Phi) is 13.5. The van der Waals surface area contributed by atoms with Gasteiger partial charge in [0.2, 0.25) is 0 Å². The van der Waals surface area contributed by atoms with Gasteiger partial charge in [0, 0.05) is 10.2 Å². The van der Waals surface area contributed by atoms with Crippen LogP contribution in [0.4, 0.5) is 0 Å². The number of hydrogen-bond acceptors (Lipinski definition) is 1. The molecule has 0 aromatic carbocycles. The van der Waals surface area contributed by atoms with Crippen LogP contribution in [0.15, 0.2) is 11.8 Å². The van der Waals surface area contributed by atoms with E-state index >= 15 is 0 Å². The van der Waals surface area contributed by atoms with Crippen LogP contribution in [-0.4, -0.2) is 36.3 Å². The van der Waals surface area contributed by atoms with Crippen LogP contribution in [0, 0.1) is 0 Å². The van der Waals surface area contributed by atoms with Gasteiger partial charge < -0.3 is 4.90 Å². The molecule has 0 bridgehead atoms. The molecule has 0 unspecified atom stereocenters. The Labute approximate surface area is 55.8 Å². The maximum Gasteiger partial charge on any atom is 0.0287 e. The Balaban J connectivity index is 0. The Hall–Kier alpha value is -0.0831. The summed E-state index contributed by atoms with van der Waals surface area (Å²) in [4.78, 5) is 2.00. The molecule has 0 aromatic heterocycles. The van der Waals surface area contributed by atoms with Gasteiger partial charge >= 0.3 is 0 Å². The van der Waals surface area contributed by atoms with Crippen LogP contribution >= 0.6 is 0 Å². The van der Waals surface area contributed by atoms with Crippen molar-refractivity contribution in [3.63, 3.8) is 0 Å². The number of hydrogen-bond donors (Lipinski definition) is 0. The van der Waals surface area contributed by atoms with Crippen molar-refractivity contribution in [2.24, 2.45) is 0 Å². The second-order valence-corrected chi connectivity index (χ2v) is 2.67. The number of allylic oxidation sites excluding steroid dienone is 1. The third-order valence-corrected chi connectivity index (χ3v) is 1.00. The zero-order valence-electron chi connectivity index (χ0n) is 6.60. The molecule has 0 N–H and O–H groups in total. The highest BCUT2D eigenvalue weighted by molar-refractivity contribution is 6.16. The molecule has 0 aliphatic heterocycles. The molecule has 0 spiro atoms. The second kappa shape index (κ2) is 10.0. The average Bonchev–Trinajstić information content (AvgIpc) is 1.65. The van der Waals surface area contributed by atoms with Crippen molar-refractivity contribution in [3.05, 3.63) is 11.8 Å². The molecule has 0 aliphatic carbocycles. The molecular formula is C6H17NSi. The van der Waals surface area contributed by atoms with Crippen molar-refractivity contribution < 1.29 is 0 Å². The van der Waals surface area contributed by atoms with Crippen LogP contribution in [0.5, 0.6) is 0 Å². The number of nitrogens with zero attached hydrogens (tertiary/aromatic N) is 1. The molecule has 0 amide bonds. The Morgan fingerprint density at radius 1 is 1.25 bits per heavy atom. The summed E-state index contributed by atoms with van der Waals surface area (Å²) in [6.45, 7) is 2.03. The van der Waals surface area contributed by atoms with Gasteiger partial charge in [-0.3, -0.25) is 0 Å². The molecule has 50 valence electrons. The Morgan fingerprint density at radius 3 is 1.38 bits per heavy atom. The molecule has 0 atom stereocenters. The molecule has 0 radical (unpaired) electrons. The lowest BCUT2D eigenvalue weighted by Gasteiger charge is -1.90. The first-order chi connectivity index (χ1) is 3.65. The van der Waals surface area contributed by atoms with E-state index < -0.39 is 0 Å². The van der Waals surface area contributed by atoms with Crippen LogP contribution < -0.4 is 0 Å². The van der Waals surface area contributed by atoms with Gasteiger partial charge in [0.25, 0.3) is 0 Å². The smallest absolute Gasteiger partial charge is 0.0287 e. The predicted octanol–water partition coefficient (Wildman–Crippen LogP) is 0.0632. The first-order valence-corrected chi connectivity index (χ1v) is 3.98. The van der Waals surface area contributed by atoms with E-state index in [0.717, 1.165) is 0 Å². The summed E-state index contributed by atoms with van der Waals surface area (Å²) in [7, 11) is 7.21. The highest BCUT2D eigenvalue weighted by Gasteiger charge is 1.58. The van der Waals surface area contributed by atoms with Gasteiger partial charge in [0.05, 0.1) is 0 Å². The lowest BCUT2D eigenvalue weighted by molar-refractivity contribution is 0.505. The van der Waals surface area contributed by atoms with Gasteiger partial charge in [0.15, 0.2) is 0 Å². The van der Waals surface area contributed by atoms with Gasteiger partial charge in [-0.1, -0.05) is 6.08 Å². The molecule has 0 saturated heterocycles. The highest BCUT2D eigenvalue weighted by atomic mass is 28.1. The molecule has 2 heteroatoms. The Morgan fingerprint density at radius 2 is 1.38 bits per heavy atom. The van der Waals surface area contributed by atoms with Gasteiger partial charge in [-0.05, 0) is 28.1 Å². The highest BCUT2D eigenvalue weighted by Crippen LogP contribution is 1.50. The molecule has 0 fully saturated rings. The summed E-state index contributed by atoms with van der Waals surface area (Å²) >= 11 is 0. The third-order valence-electron chi connectivity index (χ3n) is 0.333. The average molecular weight is 131 g/mol. The van der Waals surface area contributed by atoms with Crippen molar-refractivity contribution in [1.29, 1.82) is 0 Å². The van der Waals surface area contributed by atoms with Crippen molar-refractivity contribution in [2.75, 3.05) is 21.1 Å². The lowest BCUT2D eigenvalue weighted by Crippen LogP contribution is -1.99. The topological polar surface area (TPSA) is 3.24 Å². The molecule has 0 heterocycles. The first-order valence-electron chi connectivity index (χ1n) is 2.83. The van der Waals surface area contributed by atoms with Crippen molar-refractivity contribution >= 4 is 10.2 Å². The van der Waals surface area contributed by atoms with Crippen LogP contribution in [0.2, 0.25) is 0 Å². The lowest BCUT2D eigenvalue weighted by atomic mass is 10.8. The molecule has 0 saturated carbocycles. The summed E-state index contributed by atoms with van der Waals surface area (Å²) in [5, 5.41) is 0. The van der Waals surface area contributed by atoms with Crippen molar-refractivity contribution in [1.82, 2.24) is 4.90 Å². The minimum atomic E-state index is 1.21. The van der Waals surface area contributed by atoms with E-state index in [1.807, 2.05) is 33.0 Å². The zero-order chi connectivity index (χ0) is 6.99. The van der Waals surface area contributed by atoms with Crippen molar-refractivity contribution in [3.8, 4) is 0 Å². The summed E-state index contributed by atoms with van der Waals surface area (Å²) in [5.74, 6) is 0. The maximum absolute atomic E-state index is 2.14. The summed E-state index contributed by atoms with van der Waals surface area (Å²) in [5.41, 5.74) is 2.14. The van der Waals surface area contributed by atoms with Gasteiger partial charge in [-0.2, -0.15) is 0 Å². The second-order valence-electron chi connectivity index (χ2n) is 2.01. The van der Waals surface area contributed by atoms with Crippen LogP contribution in [0.1, 0.15) is 6.92 Å². The van der Waals surface area contributed by atoms with Crippen LogP contribution in [0.25, 0.3) is 0 Å². The summed E-state index contributed by atoms with van der Waals surface area (Å²) in [6.07, 6.45) is 2.06. The maximum atomic E-state index is 2.14. The molecule has 0 rings (SSSR count). The number of rotatable bonds is 0. The fourth-order valence-corrected chi connectivity index (χ4v) is 0. The molecule has 1 nitrogen and oxygen atoms in total. The minimum absolute atomic E-state index is 1.21. The normalized spacial score (nSPS) is 9.62. The van der Waals surface area contributed by atoms with Crippen LogP contribution in [-0.2, 0) is 0 Å². The monoisotopic (exact) mass is 131 g/mol. The fraction of sp³-hybridized carbons (Fsp3) is 0.667. The van der Waals surface area contributed by atoms with E-state index in [2.05, 4.69) is 11.8 Å². The zero-order valence-corrected chi connectivity index (χ0v) is 8.60. The standard InChI is InChI=1S/C3H9N.C3H8Si/c1-4(2)3;1-2-3-4/h1-3H3;2-3H,1,4H3. The van der Waals surface area contributed by atoms with E-state index in [1.165, 1.54) is 10.2 Å². The first kappa shape index (κ1) is 10.8. The van der Waals surface area contributed by atoms with E-state index in [0.29, 0.717) is 0 Å². The van der Waals surface area contributed by atoms with Gasteiger partial charge in [-0.15, -0.1) is 5.70 Å². The fourth-order valence-electron chi connectivity index (χ4n) is 0. The quantitative estimate of drug-likeness (QED) is 0.420. The predicted molar refractivity (Wildman–Crippen MR) is 44.4 cm³/mol. The van der Waals surface area contributed by atoms with E-state index in [9.17, 15) is 0 Å². The Bertz CT molecular complexity index is 43.7. The summed E-state index contributed by atoms with van der Waals surface area (Å²) < 4.78 is 0. The largest absolute Gasteiger partial charge is 0.312 e. The SMILES string of the molecule is CC=C[SiH3].CN(C)C. The molecular weight excluding hydrogens is 114 g/mol. The van der Waals surface area contributed by atoms with E-state index in [-0.39, 0.29) is 0 Å². The van der Waals surface area contributed by atoms with E-state index in [4.69, 9.17) is 0 Å². The van der Waals surface area contributed by atoms with Gasteiger partial charge in [0.1, 0.15) is 0 Å². The third kappa shape index (κ3) is 170. The van der Waals surface area contributed by atoms with Crippen LogP contribution in [0.3, 0.4) is 0 Å². The van der Waals surface area contributed by atoms with E-state index in [1.54, 1.807) is 0 Å².